The standard InChI is InChI=1S/C23H24N4O5S/c1-12-19(22(29)32-6)20(15-11-24-26(3)13(15)2)27-21(28)18(33-23(27)25-12)10-14-7-8-16(30-4)17(9-14)31-5/h7-11,20H,1-6H3/b18-10+. The number of aromatic nitrogens is 3. The summed E-state index contributed by atoms with van der Waals surface area (Å²) in [5.74, 6) is 0.631. The van der Waals surface area contributed by atoms with Crippen molar-refractivity contribution >= 4 is 23.4 Å². The van der Waals surface area contributed by atoms with E-state index in [0.717, 1.165) is 16.8 Å². The van der Waals surface area contributed by atoms with Gasteiger partial charge >= 0.3 is 5.97 Å². The second-order valence-corrected chi connectivity index (χ2v) is 8.51. The molecule has 0 N–H and O–H groups in total. The number of rotatable bonds is 5. The molecule has 2 aromatic heterocycles. The molecular weight excluding hydrogens is 444 g/mol. The largest absolute Gasteiger partial charge is 0.493 e. The van der Waals surface area contributed by atoms with E-state index in [-0.39, 0.29) is 5.56 Å². The van der Waals surface area contributed by atoms with Crippen LogP contribution in [0.3, 0.4) is 0 Å². The number of thiazole rings is 1. The average molecular weight is 469 g/mol. The molecule has 9 nitrogen and oxygen atoms in total. The van der Waals surface area contributed by atoms with E-state index in [2.05, 4.69) is 10.1 Å². The van der Waals surface area contributed by atoms with Crippen LogP contribution in [0.5, 0.6) is 11.5 Å². The molecule has 0 saturated heterocycles. The van der Waals surface area contributed by atoms with E-state index < -0.39 is 12.0 Å². The van der Waals surface area contributed by atoms with Gasteiger partial charge in [0, 0.05) is 18.3 Å². The fraction of sp³-hybridized carbons (Fsp3) is 0.304. The van der Waals surface area contributed by atoms with Crippen molar-refractivity contribution in [1.29, 1.82) is 0 Å². The highest BCUT2D eigenvalue weighted by Crippen LogP contribution is 2.32. The molecule has 0 bridgehead atoms. The summed E-state index contributed by atoms with van der Waals surface area (Å²) in [6, 6.07) is 4.73. The average Bonchev–Trinajstić information content (AvgIpc) is 3.30. The van der Waals surface area contributed by atoms with Crippen molar-refractivity contribution < 1.29 is 19.0 Å². The first kappa shape index (κ1) is 22.5. The summed E-state index contributed by atoms with van der Waals surface area (Å²) in [4.78, 5) is 31.4. The fourth-order valence-electron chi connectivity index (χ4n) is 3.86. The minimum absolute atomic E-state index is 0.254. The van der Waals surface area contributed by atoms with Crippen molar-refractivity contribution in [2.45, 2.75) is 19.9 Å². The van der Waals surface area contributed by atoms with Gasteiger partial charge in [0.1, 0.15) is 6.04 Å². The molecule has 0 fully saturated rings. The van der Waals surface area contributed by atoms with Crippen LogP contribution >= 0.6 is 11.3 Å². The van der Waals surface area contributed by atoms with Gasteiger partial charge in [-0.15, -0.1) is 0 Å². The zero-order chi connectivity index (χ0) is 23.9. The minimum atomic E-state index is -0.685. The van der Waals surface area contributed by atoms with Crippen LogP contribution in [0.15, 0.2) is 45.5 Å². The second-order valence-electron chi connectivity index (χ2n) is 7.50. The van der Waals surface area contributed by atoms with Crippen LogP contribution in [0, 0.1) is 6.92 Å². The molecule has 1 aliphatic heterocycles. The summed E-state index contributed by atoms with van der Waals surface area (Å²) < 4.78 is 19.4. The van der Waals surface area contributed by atoms with Gasteiger partial charge in [-0.05, 0) is 37.6 Å². The molecule has 1 unspecified atom stereocenters. The lowest BCUT2D eigenvalue weighted by atomic mass is 9.96. The van der Waals surface area contributed by atoms with E-state index in [4.69, 9.17) is 14.2 Å². The Labute approximate surface area is 193 Å². The fourth-order valence-corrected chi connectivity index (χ4v) is 4.91. The number of hydrogen-bond acceptors (Lipinski definition) is 8. The third-order valence-electron chi connectivity index (χ3n) is 5.70. The van der Waals surface area contributed by atoms with Crippen LogP contribution in [0.2, 0.25) is 0 Å². The number of carbonyl (C=O) groups excluding carboxylic acids is 1. The summed E-state index contributed by atoms with van der Waals surface area (Å²) in [5.41, 5.74) is 2.93. The molecule has 0 spiro atoms. The smallest absolute Gasteiger partial charge is 0.338 e. The third-order valence-corrected chi connectivity index (χ3v) is 6.68. The SMILES string of the molecule is COC(=O)C1=C(C)N=c2s/c(=C/c3ccc(OC)c(OC)c3)c(=O)n2C1c1cnn(C)c1C. The number of ether oxygens (including phenoxy) is 3. The zero-order valence-electron chi connectivity index (χ0n) is 19.2. The normalized spacial score (nSPS) is 15.8. The van der Waals surface area contributed by atoms with Crippen molar-refractivity contribution in [3.05, 3.63) is 72.2 Å². The lowest BCUT2D eigenvalue weighted by molar-refractivity contribution is -0.136. The van der Waals surface area contributed by atoms with Crippen LogP contribution < -0.4 is 24.4 Å². The third kappa shape index (κ3) is 3.76. The Kier molecular flexibility index (Phi) is 5.94. The molecule has 0 aliphatic carbocycles. The Morgan fingerprint density at radius 2 is 1.88 bits per heavy atom. The molecule has 3 aromatic rings. The van der Waals surface area contributed by atoms with Gasteiger partial charge in [-0.25, -0.2) is 9.79 Å². The maximum absolute atomic E-state index is 13.6. The summed E-state index contributed by atoms with van der Waals surface area (Å²) in [6.45, 7) is 3.64. The molecule has 1 aromatic carbocycles. The highest BCUT2D eigenvalue weighted by atomic mass is 32.1. The first-order chi connectivity index (χ1) is 15.8. The quantitative estimate of drug-likeness (QED) is 0.526. The molecule has 10 heteroatoms. The lowest BCUT2D eigenvalue weighted by Crippen LogP contribution is -2.40. The number of allylic oxidation sites excluding steroid dienone is 1. The number of aryl methyl sites for hydroxylation is 1. The van der Waals surface area contributed by atoms with E-state index in [1.54, 1.807) is 54.8 Å². The molecule has 1 atom stereocenters. The van der Waals surface area contributed by atoms with Crippen LogP contribution in [0.1, 0.15) is 29.8 Å². The number of hydrogen-bond donors (Lipinski definition) is 0. The molecule has 172 valence electrons. The van der Waals surface area contributed by atoms with E-state index in [1.165, 1.54) is 18.4 Å². The topological polar surface area (TPSA) is 96.9 Å². The second kappa shape index (κ2) is 8.70. The van der Waals surface area contributed by atoms with Crippen molar-refractivity contribution in [3.8, 4) is 11.5 Å². The first-order valence-electron chi connectivity index (χ1n) is 10.1. The molecule has 3 heterocycles. The van der Waals surface area contributed by atoms with E-state index in [9.17, 15) is 9.59 Å². The van der Waals surface area contributed by atoms with E-state index in [0.29, 0.717) is 32.1 Å². The predicted octanol–water partition coefficient (Wildman–Crippen LogP) is 1.47. The molecule has 33 heavy (non-hydrogen) atoms. The lowest BCUT2D eigenvalue weighted by Gasteiger charge is -2.23. The molecule has 0 radical (unpaired) electrons. The van der Waals surface area contributed by atoms with Gasteiger partial charge in [0.25, 0.3) is 5.56 Å². The van der Waals surface area contributed by atoms with Gasteiger partial charge in [0.15, 0.2) is 16.3 Å². The van der Waals surface area contributed by atoms with Gasteiger partial charge in [-0.3, -0.25) is 14.0 Å². The number of benzene rings is 1. The number of fused-ring (bicyclic) bond motifs is 1. The molecule has 4 rings (SSSR count). The predicted molar refractivity (Wildman–Crippen MR) is 123 cm³/mol. The van der Waals surface area contributed by atoms with Gasteiger partial charge in [0.2, 0.25) is 0 Å². The van der Waals surface area contributed by atoms with Crippen LogP contribution in [-0.4, -0.2) is 41.6 Å². The molecular formula is C23H24N4O5S. The Morgan fingerprint density at radius 3 is 2.48 bits per heavy atom. The summed E-state index contributed by atoms with van der Waals surface area (Å²) in [6.07, 6.45) is 3.45. The van der Waals surface area contributed by atoms with Crippen molar-refractivity contribution in [3.63, 3.8) is 0 Å². The Balaban J connectivity index is 1.96. The highest BCUT2D eigenvalue weighted by molar-refractivity contribution is 7.07. The maximum Gasteiger partial charge on any atom is 0.338 e. The number of methoxy groups -OCH3 is 3. The summed E-state index contributed by atoms with van der Waals surface area (Å²) >= 11 is 1.26. The molecule has 0 saturated carbocycles. The summed E-state index contributed by atoms with van der Waals surface area (Å²) in [7, 11) is 6.26. The number of esters is 1. The van der Waals surface area contributed by atoms with Gasteiger partial charge in [0.05, 0.1) is 43.3 Å². The monoisotopic (exact) mass is 468 g/mol. The van der Waals surface area contributed by atoms with Crippen molar-refractivity contribution in [1.82, 2.24) is 14.3 Å². The molecule has 1 aliphatic rings. The zero-order valence-corrected chi connectivity index (χ0v) is 20.0. The summed E-state index contributed by atoms with van der Waals surface area (Å²) in [5, 5.41) is 4.31. The Morgan fingerprint density at radius 1 is 1.15 bits per heavy atom. The number of nitrogens with zero attached hydrogens (tertiary/aromatic N) is 4. The van der Waals surface area contributed by atoms with Crippen LogP contribution in [0.4, 0.5) is 0 Å². The van der Waals surface area contributed by atoms with Gasteiger partial charge in [-0.1, -0.05) is 17.4 Å². The van der Waals surface area contributed by atoms with Gasteiger partial charge in [-0.2, -0.15) is 5.10 Å². The van der Waals surface area contributed by atoms with Crippen molar-refractivity contribution in [2.75, 3.05) is 21.3 Å². The van der Waals surface area contributed by atoms with Crippen molar-refractivity contribution in [2.24, 2.45) is 12.0 Å². The van der Waals surface area contributed by atoms with E-state index in [1.807, 2.05) is 20.0 Å². The maximum atomic E-state index is 13.6. The first-order valence-corrected chi connectivity index (χ1v) is 10.9. The van der Waals surface area contributed by atoms with E-state index >= 15 is 0 Å². The van der Waals surface area contributed by atoms with Gasteiger partial charge < -0.3 is 14.2 Å². The minimum Gasteiger partial charge on any atom is -0.493 e. The number of carbonyl (C=O) groups is 1. The Bertz CT molecular complexity index is 1460. The Hall–Kier alpha value is -3.66. The van der Waals surface area contributed by atoms with Crippen LogP contribution in [0.25, 0.3) is 6.08 Å². The highest BCUT2D eigenvalue weighted by Gasteiger charge is 2.35. The molecule has 0 amide bonds. The van der Waals surface area contributed by atoms with Crippen LogP contribution in [-0.2, 0) is 16.6 Å².